The Balaban J connectivity index is 0.000000994. The molecule has 2 heteroatoms. The molecule has 0 radical (unpaired) electrons. The Morgan fingerprint density at radius 3 is 1.45 bits per heavy atom. The Hall–Kier alpha value is -2.94. The summed E-state index contributed by atoms with van der Waals surface area (Å²) in [5.74, 6) is 0. The van der Waals surface area contributed by atoms with Crippen LogP contribution in [0.1, 0.15) is 19.4 Å². The summed E-state index contributed by atoms with van der Waals surface area (Å²) in [5, 5.41) is 2.76. The van der Waals surface area contributed by atoms with Crippen LogP contribution in [0.2, 0.25) is 0 Å². The van der Waals surface area contributed by atoms with E-state index in [1.807, 2.05) is 36.5 Å². The molecular weight excluding hydrogens is 412 g/mol. The van der Waals surface area contributed by atoms with Gasteiger partial charge in [0.2, 0.25) is 0 Å². The van der Waals surface area contributed by atoms with Crippen LogP contribution in [-0.4, -0.2) is 0 Å². The Kier molecular flexibility index (Phi) is 5.35. The van der Waals surface area contributed by atoms with E-state index in [9.17, 15) is 0 Å². The first-order valence-electron chi connectivity index (χ1n) is 10.8. The molecule has 0 aliphatic heterocycles. The van der Waals surface area contributed by atoms with Crippen LogP contribution in [-0.2, 0) is 0 Å². The Bertz CT molecular complexity index is 1480. The number of hydrogen-bond acceptors (Lipinski definition) is 2. The van der Waals surface area contributed by atoms with E-state index in [2.05, 4.69) is 97.9 Å². The summed E-state index contributed by atoms with van der Waals surface area (Å²) in [6.45, 7) is 6.13. The fourth-order valence-electron chi connectivity index (χ4n) is 3.99. The summed E-state index contributed by atoms with van der Waals surface area (Å²) in [4.78, 5) is 0. The van der Waals surface area contributed by atoms with Crippen LogP contribution in [0.3, 0.4) is 0 Å². The maximum atomic E-state index is 2.35. The minimum atomic E-state index is 1.28. The minimum absolute atomic E-state index is 1.28. The molecule has 0 atom stereocenters. The molecular formula is C29H24S2. The molecule has 0 saturated heterocycles. The van der Waals surface area contributed by atoms with E-state index in [1.165, 1.54) is 57.4 Å². The van der Waals surface area contributed by atoms with Gasteiger partial charge >= 0.3 is 0 Å². The molecule has 31 heavy (non-hydrogen) atoms. The summed E-state index contributed by atoms with van der Waals surface area (Å²) in [6.07, 6.45) is 0. The van der Waals surface area contributed by atoms with E-state index in [0.29, 0.717) is 0 Å². The van der Waals surface area contributed by atoms with E-state index >= 15 is 0 Å². The largest absolute Gasteiger partial charge is 0.134 e. The highest BCUT2D eigenvalue weighted by molar-refractivity contribution is 7.36. The third-order valence-electron chi connectivity index (χ3n) is 5.57. The third kappa shape index (κ3) is 3.56. The second-order valence-corrected chi connectivity index (χ2v) is 9.62. The third-order valence-corrected chi connectivity index (χ3v) is 8.08. The van der Waals surface area contributed by atoms with Gasteiger partial charge in [0, 0.05) is 20.2 Å². The van der Waals surface area contributed by atoms with Gasteiger partial charge in [0.15, 0.2) is 0 Å². The van der Waals surface area contributed by atoms with Crippen LogP contribution >= 0.6 is 22.7 Å². The first-order valence-corrected chi connectivity index (χ1v) is 12.4. The molecule has 0 nitrogen and oxygen atoms in total. The summed E-state index contributed by atoms with van der Waals surface area (Å²) >= 11 is 3.84. The van der Waals surface area contributed by atoms with Gasteiger partial charge in [-0.05, 0) is 41.3 Å². The molecule has 0 fully saturated rings. The molecule has 6 aromatic rings. The summed E-state index contributed by atoms with van der Waals surface area (Å²) in [6, 6.07) is 33.2. The van der Waals surface area contributed by atoms with Gasteiger partial charge in [-0.1, -0.05) is 98.3 Å². The minimum Gasteiger partial charge on any atom is -0.134 e. The number of rotatable bonds is 2. The molecule has 152 valence electrons. The molecule has 0 N–H and O–H groups in total. The number of fused-ring (bicyclic) bond motifs is 5. The highest BCUT2D eigenvalue weighted by atomic mass is 32.1. The molecule has 6 rings (SSSR count). The average molecular weight is 437 g/mol. The molecule has 0 aliphatic rings. The first kappa shape index (κ1) is 20.0. The van der Waals surface area contributed by atoms with Crippen LogP contribution < -0.4 is 0 Å². The van der Waals surface area contributed by atoms with Gasteiger partial charge in [0.25, 0.3) is 0 Å². The number of aryl methyl sites for hydroxylation is 1. The fraction of sp³-hybridized carbons (Fsp3) is 0.103. The Labute approximate surface area is 191 Å². The molecule has 0 aliphatic carbocycles. The normalized spacial score (nSPS) is 11.1. The zero-order valence-electron chi connectivity index (χ0n) is 18.0. The Morgan fingerprint density at radius 1 is 0.484 bits per heavy atom. The molecule has 0 amide bonds. The second kappa shape index (κ2) is 8.30. The number of hydrogen-bond donors (Lipinski definition) is 0. The molecule has 0 bridgehead atoms. The lowest BCUT2D eigenvalue weighted by atomic mass is 10.0. The van der Waals surface area contributed by atoms with Gasteiger partial charge in [-0.2, -0.15) is 0 Å². The van der Waals surface area contributed by atoms with Crippen LogP contribution in [0.4, 0.5) is 0 Å². The van der Waals surface area contributed by atoms with Gasteiger partial charge in [-0.3, -0.25) is 0 Å². The van der Waals surface area contributed by atoms with Crippen molar-refractivity contribution in [2.24, 2.45) is 0 Å². The van der Waals surface area contributed by atoms with Crippen molar-refractivity contribution in [2.75, 3.05) is 0 Å². The van der Waals surface area contributed by atoms with Crippen LogP contribution in [0, 0.1) is 6.92 Å². The van der Waals surface area contributed by atoms with Crippen molar-refractivity contribution < 1.29 is 0 Å². The monoisotopic (exact) mass is 436 g/mol. The molecule has 0 saturated carbocycles. The van der Waals surface area contributed by atoms with Gasteiger partial charge in [-0.15, -0.1) is 22.7 Å². The van der Waals surface area contributed by atoms with Crippen molar-refractivity contribution in [3.8, 4) is 22.3 Å². The second-order valence-electron chi connectivity index (χ2n) is 7.52. The van der Waals surface area contributed by atoms with Crippen molar-refractivity contribution >= 4 is 52.2 Å². The van der Waals surface area contributed by atoms with Crippen molar-refractivity contribution in [2.45, 2.75) is 20.8 Å². The highest BCUT2D eigenvalue weighted by Crippen LogP contribution is 2.45. The topological polar surface area (TPSA) is 0 Å². The van der Waals surface area contributed by atoms with Crippen molar-refractivity contribution in [1.29, 1.82) is 0 Å². The average Bonchev–Trinajstić information content (AvgIpc) is 3.36. The summed E-state index contributed by atoms with van der Waals surface area (Å²) in [7, 11) is 0. The SMILES string of the molecule is CC.Cc1ccc(-c2ccc3c(c2)sc2c4ccc(-c5ccccc5)cc4sc32)cc1. The van der Waals surface area contributed by atoms with Crippen LogP contribution in [0.15, 0.2) is 91.0 Å². The fourth-order valence-corrected chi connectivity index (χ4v) is 6.72. The van der Waals surface area contributed by atoms with Gasteiger partial charge in [0.1, 0.15) is 0 Å². The predicted octanol–water partition coefficient (Wildman–Crippen LogP) is 9.94. The smallest absolute Gasteiger partial charge is 0.0542 e. The van der Waals surface area contributed by atoms with E-state index < -0.39 is 0 Å². The van der Waals surface area contributed by atoms with E-state index in [0.717, 1.165) is 0 Å². The highest BCUT2D eigenvalue weighted by Gasteiger charge is 2.13. The number of benzene rings is 4. The van der Waals surface area contributed by atoms with Crippen molar-refractivity contribution in [3.63, 3.8) is 0 Å². The van der Waals surface area contributed by atoms with Gasteiger partial charge in [0.05, 0.1) is 9.40 Å². The van der Waals surface area contributed by atoms with Crippen LogP contribution in [0.25, 0.3) is 51.8 Å². The standard InChI is InChI=1S/C27H18S2.C2H6/c1-17-7-9-19(10-8-17)21-12-14-23-25(16-21)29-26-22-13-11-20(15-24(22)28-27(23)26)18-5-3-2-4-6-18;1-2/h2-16H,1H3;1-2H3. The van der Waals surface area contributed by atoms with Crippen LogP contribution in [0.5, 0.6) is 0 Å². The molecule has 2 aromatic heterocycles. The quantitative estimate of drug-likeness (QED) is 0.253. The lowest BCUT2D eigenvalue weighted by Gasteiger charge is -2.03. The number of thiophene rings is 2. The zero-order chi connectivity index (χ0) is 21.4. The van der Waals surface area contributed by atoms with E-state index in [4.69, 9.17) is 0 Å². The summed E-state index contributed by atoms with van der Waals surface area (Å²) < 4.78 is 5.58. The van der Waals surface area contributed by atoms with Crippen molar-refractivity contribution in [3.05, 3.63) is 96.6 Å². The van der Waals surface area contributed by atoms with Gasteiger partial charge in [-0.25, -0.2) is 0 Å². The zero-order valence-corrected chi connectivity index (χ0v) is 19.6. The first-order chi connectivity index (χ1) is 15.3. The predicted molar refractivity (Wildman–Crippen MR) is 142 cm³/mol. The van der Waals surface area contributed by atoms with E-state index in [-0.39, 0.29) is 0 Å². The lowest BCUT2D eigenvalue weighted by molar-refractivity contribution is 1.47. The maximum absolute atomic E-state index is 2.35. The molecule has 0 unspecified atom stereocenters. The molecule has 2 heterocycles. The van der Waals surface area contributed by atoms with Gasteiger partial charge < -0.3 is 0 Å². The molecule has 0 spiro atoms. The maximum Gasteiger partial charge on any atom is 0.0542 e. The molecule has 4 aromatic carbocycles. The Morgan fingerprint density at radius 2 is 0.935 bits per heavy atom. The van der Waals surface area contributed by atoms with E-state index in [1.54, 1.807) is 0 Å². The summed E-state index contributed by atoms with van der Waals surface area (Å²) in [5.41, 5.74) is 6.44. The van der Waals surface area contributed by atoms with Crippen molar-refractivity contribution in [1.82, 2.24) is 0 Å². The lowest BCUT2D eigenvalue weighted by Crippen LogP contribution is -1.77.